The Kier molecular flexibility index (Phi) is 50.0. The smallest absolute Gasteiger partial charge is 0.306 e. The number of rotatable bonds is 47. The number of esters is 2. The van der Waals surface area contributed by atoms with Crippen LogP contribution in [0.4, 0.5) is 0 Å². The van der Waals surface area contributed by atoms with Crippen LogP contribution in [0.5, 0.6) is 0 Å². The van der Waals surface area contributed by atoms with E-state index in [1.54, 1.807) is 0 Å². The van der Waals surface area contributed by atoms with E-state index < -0.39 is 6.10 Å². The van der Waals surface area contributed by atoms with Gasteiger partial charge in [0.25, 0.3) is 0 Å². The highest BCUT2D eigenvalue weighted by Crippen LogP contribution is 2.14. The fourth-order valence-corrected chi connectivity index (χ4v) is 7.04. The zero-order valence-electron chi connectivity index (χ0n) is 40.9. The molecule has 0 aliphatic heterocycles. The van der Waals surface area contributed by atoms with Crippen LogP contribution in [0.15, 0.2) is 85.1 Å². The van der Waals surface area contributed by atoms with Crippen molar-refractivity contribution in [3.63, 3.8) is 0 Å². The third kappa shape index (κ3) is 49.7. The molecule has 0 amide bonds. The number of allylic oxidation sites excluding steroid dienone is 14. The van der Waals surface area contributed by atoms with Crippen molar-refractivity contribution in [2.75, 3.05) is 19.8 Å². The van der Waals surface area contributed by atoms with Gasteiger partial charge in [-0.3, -0.25) is 9.59 Å². The predicted octanol–water partition coefficient (Wildman–Crippen LogP) is 17.7. The lowest BCUT2D eigenvalue weighted by Crippen LogP contribution is -2.30. The molecule has 356 valence electrons. The van der Waals surface area contributed by atoms with Gasteiger partial charge in [0.15, 0.2) is 6.10 Å². The highest BCUT2D eigenvalue weighted by molar-refractivity contribution is 5.70. The highest BCUT2D eigenvalue weighted by atomic mass is 16.6. The Bertz CT molecular complexity index is 1160. The molecule has 0 saturated carbocycles. The van der Waals surface area contributed by atoms with Gasteiger partial charge in [-0.15, -0.1) is 0 Å². The van der Waals surface area contributed by atoms with Crippen molar-refractivity contribution in [2.24, 2.45) is 0 Å². The number of hydrogen-bond acceptors (Lipinski definition) is 5. The lowest BCUT2D eigenvalue weighted by Gasteiger charge is -2.18. The van der Waals surface area contributed by atoms with Crippen molar-refractivity contribution < 1.29 is 23.8 Å². The van der Waals surface area contributed by atoms with Crippen LogP contribution in [0.25, 0.3) is 0 Å². The van der Waals surface area contributed by atoms with Gasteiger partial charge in [-0.25, -0.2) is 0 Å². The van der Waals surface area contributed by atoms with E-state index in [1.807, 2.05) is 0 Å². The number of carbonyl (C=O) groups is 2. The Morgan fingerprint density at radius 2 is 0.726 bits per heavy atom. The highest BCUT2D eigenvalue weighted by Gasteiger charge is 2.17. The summed E-state index contributed by atoms with van der Waals surface area (Å²) in [6, 6.07) is 0. The maximum atomic E-state index is 12.8. The third-order valence-corrected chi connectivity index (χ3v) is 10.9. The normalized spacial score (nSPS) is 12.9. The zero-order chi connectivity index (χ0) is 44.9. The van der Waals surface area contributed by atoms with Gasteiger partial charge in [-0.1, -0.05) is 215 Å². The molecule has 0 rings (SSSR count). The first-order chi connectivity index (χ1) is 30.6. The Balaban J connectivity index is 4.32. The van der Waals surface area contributed by atoms with Crippen molar-refractivity contribution >= 4 is 11.9 Å². The lowest BCUT2D eigenvalue weighted by molar-refractivity contribution is -0.163. The van der Waals surface area contributed by atoms with E-state index in [9.17, 15) is 9.59 Å². The number of hydrogen-bond donors (Lipinski definition) is 0. The van der Waals surface area contributed by atoms with E-state index in [4.69, 9.17) is 14.2 Å². The third-order valence-electron chi connectivity index (χ3n) is 10.9. The quantitative estimate of drug-likeness (QED) is 0.0346. The molecular weight excluding hydrogens is 765 g/mol. The minimum atomic E-state index is -0.556. The largest absolute Gasteiger partial charge is 0.462 e. The van der Waals surface area contributed by atoms with Gasteiger partial charge in [0, 0.05) is 19.4 Å². The molecule has 0 N–H and O–H groups in total. The molecule has 0 spiro atoms. The molecule has 62 heavy (non-hydrogen) atoms. The van der Waals surface area contributed by atoms with Gasteiger partial charge >= 0.3 is 11.9 Å². The van der Waals surface area contributed by atoms with Crippen LogP contribution in [0.2, 0.25) is 0 Å². The Labute approximate surface area is 384 Å². The average molecular weight is 863 g/mol. The van der Waals surface area contributed by atoms with Crippen molar-refractivity contribution in [1.29, 1.82) is 0 Å². The van der Waals surface area contributed by atoms with Gasteiger partial charge < -0.3 is 14.2 Å². The number of carbonyl (C=O) groups excluding carboxylic acids is 2. The molecule has 0 bridgehead atoms. The first-order valence-electron chi connectivity index (χ1n) is 26.1. The summed E-state index contributed by atoms with van der Waals surface area (Å²) >= 11 is 0. The summed E-state index contributed by atoms with van der Waals surface area (Å²) in [7, 11) is 0. The first-order valence-corrected chi connectivity index (χ1v) is 26.1. The Hall–Kier alpha value is -2.92. The van der Waals surface area contributed by atoms with Crippen LogP contribution in [-0.2, 0) is 23.8 Å². The maximum Gasteiger partial charge on any atom is 0.306 e. The summed E-state index contributed by atoms with van der Waals surface area (Å²) < 4.78 is 17.4. The van der Waals surface area contributed by atoms with Crippen LogP contribution in [0.3, 0.4) is 0 Å². The first kappa shape index (κ1) is 59.1. The van der Waals surface area contributed by atoms with Crippen molar-refractivity contribution in [2.45, 2.75) is 245 Å². The molecule has 0 saturated heterocycles. The van der Waals surface area contributed by atoms with E-state index in [0.29, 0.717) is 19.4 Å². The van der Waals surface area contributed by atoms with Gasteiger partial charge in [0.05, 0.1) is 6.61 Å². The van der Waals surface area contributed by atoms with Gasteiger partial charge in [-0.2, -0.15) is 0 Å². The van der Waals surface area contributed by atoms with Crippen molar-refractivity contribution in [1.82, 2.24) is 0 Å². The molecule has 0 aromatic heterocycles. The summed E-state index contributed by atoms with van der Waals surface area (Å²) in [5.41, 5.74) is 0. The second-order valence-corrected chi connectivity index (χ2v) is 17.0. The molecule has 0 radical (unpaired) electrons. The summed E-state index contributed by atoms with van der Waals surface area (Å²) in [6.45, 7) is 7.63. The topological polar surface area (TPSA) is 61.8 Å². The van der Waals surface area contributed by atoms with Gasteiger partial charge in [0.1, 0.15) is 6.61 Å². The fraction of sp³-hybridized carbons (Fsp3) is 0.719. The zero-order valence-corrected chi connectivity index (χ0v) is 40.9. The number of unbranched alkanes of at least 4 members (excludes halogenated alkanes) is 22. The van der Waals surface area contributed by atoms with E-state index in [1.165, 1.54) is 116 Å². The minimum Gasteiger partial charge on any atom is -0.462 e. The molecule has 5 heteroatoms. The van der Waals surface area contributed by atoms with E-state index >= 15 is 0 Å². The van der Waals surface area contributed by atoms with Crippen LogP contribution in [0.1, 0.15) is 239 Å². The summed E-state index contributed by atoms with van der Waals surface area (Å²) in [4.78, 5) is 25.4. The average Bonchev–Trinajstić information content (AvgIpc) is 3.27. The molecular formula is C57H98O5. The second kappa shape index (κ2) is 52.4. The molecule has 0 aromatic rings. The summed E-state index contributed by atoms with van der Waals surface area (Å²) in [5, 5.41) is 0. The van der Waals surface area contributed by atoms with Crippen LogP contribution >= 0.6 is 0 Å². The molecule has 1 unspecified atom stereocenters. The van der Waals surface area contributed by atoms with Crippen LogP contribution in [-0.4, -0.2) is 37.9 Å². The number of ether oxygens (including phenoxy) is 3. The Morgan fingerprint density at radius 1 is 0.371 bits per heavy atom. The molecule has 0 aromatic carbocycles. The van der Waals surface area contributed by atoms with E-state index in [2.05, 4.69) is 106 Å². The summed E-state index contributed by atoms with van der Waals surface area (Å²) in [5.74, 6) is -0.439. The Morgan fingerprint density at radius 3 is 1.21 bits per heavy atom. The summed E-state index contributed by atoms with van der Waals surface area (Å²) in [6.07, 6.45) is 68.7. The second-order valence-electron chi connectivity index (χ2n) is 17.0. The fourth-order valence-electron chi connectivity index (χ4n) is 7.04. The van der Waals surface area contributed by atoms with Crippen molar-refractivity contribution in [3.8, 4) is 0 Å². The van der Waals surface area contributed by atoms with Crippen LogP contribution < -0.4 is 0 Å². The van der Waals surface area contributed by atoms with Crippen LogP contribution in [0, 0.1) is 0 Å². The molecule has 0 heterocycles. The molecule has 0 fully saturated rings. The van der Waals surface area contributed by atoms with Gasteiger partial charge in [0.2, 0.25) is 0 Å². The van der Waals surface area contributed by atoms with E-state index in [-0.39, 0.29) is 25.2 Å². The molecule has 0 aliphatic carbocycles. The van der Waals surface area contributed by atoms with Crippen molar-refractivity contribution in [3.05, 3.63) is 85.1 Å². The predicted molar refractivity (Wildman–Crippen MR) is 270 cm³/mol. The SMILES string of the molecule is CC/C=C\C/C=C\C/C=C\C/C=C\C/C=C\CCCCCC(=O)OCC(COCCCCCCCC/C=C\C/C=C\CCCCC)OC(=O)CCCCCCCCCCCCC. The lowest BCUT2D eigenvalue weighted by atomic mass is 10.1. The molecule has 0 aliphatic rings. The van der Waals surface area contributed by atoms with E-state index in [0.717, 1.165) is 89.9 Å². The molecule has 5 nitrogen and oxygen atoms in total. The molecule has 1 atom stereocenters. The monoisotopic (exact) mass is 863 g/mol. The standard InChI is InChI=1S/C57H98O5/c1-4-7-10-13-16-19-22-24-26-28-29-30-31-33-36-38-41-44-47-50-56(58)61-54-55(62-57(59)51-48-45-42-39-35-21-18-15-12-9-6-3)53-60-52-49-46-43-40-37-34-32-27-25-23-20-17-14-11-8-5-2/h7,10,16-17,19-20,24-27,29-30,33,36,55H,4-6,8-9,11-15,18,21-23,28,31-32,34-35,37-54H2,1-3H3/b10-7-,19-16-,20-17-,26-24-,27-25-,30-29-,36-33-. The maximum absolute atomic E-state index is 12.8. The van der Waals surface area contributed by atoms with Gasteiger partial charge in [-0.05, 0) is 96.3 Å². The minimum absolute atomic E-state index is 0.0621.